The first-order chi connectivity index (χ1) is 12.3. The van der Waals surface area contributed by atoms with E-state index in [1.54, 1.807) is 0 Å². The second kappa shape index (κ2) is 7.26. The number of ether oxygens (including phenoxy) is 1. The zero-order chi connectivity index (χ0) is 17.2. The van der Waals surface area contributed by atoms with Crippen LogP contribution in [0.2, 0.25) is 0 Å². The van der Waals surface area contributed by atoms with Crippen LogP contribution in [0.25, 0.3) is 0 Å². The summed E-state index contributed by atoms with van der Waals surface area (Å²) in [4.78, 5) is 21.8. The van der Waals surface area contributed by atoms with E-state index in [0.717, 1.165) is 57.4 Å². The monoisotopic (exact) mass is 341 g/mol. The van der Waals surface area contributed by atoms with E-state index in [9.17, 15) is 4.79 Å². The first kappa shape index (κ1) is 16.7. The van der Waals surface area contributed by atoms with E-state index in [-0.39, 0.29) is 18.1 Å². The fraction of sp³-hybridized carbons (Fsp3) is 0.600. The van der Waals surface area contributed by atoms with Crippen molar-refractivity contribution in [3.05, 3.63) is 41.7 Å². The number of likely N-dealkylation sites (tertiary alicyclic amines) is 2. The number of nitrogens with zero attached hydrogens (tertiary/aromatic N) is 3. The van der Waals surface area contributed by atoms with Crippen LogP contribution in [0.15, 0.2) is 36.2 Å². The predicted octanol–water partition coefficient (Wildman–Crippen LogP) is 2.24. The Morgan fingerprint density at radius 3 is 3.04 bits per heavy atom. The quantitative estimate of drug-likeness (QED) is 0.843. The minimum Gasteiger partial charge on any atom is -0.381 e. The molecule has 5 heteroatoms. The van der Waals surface area contributed by atoms with Gasteiger partial charge in [-0.05, 0) is 37.3 Å². The van der Waals surface area contributed by atoms with Gasteiger partial charge in [0.15, 0.2) is 0 Å². The van der Waals surface area contributed by atoms with Crippen LogP contribution >= 0.6 is 0 Å². The number of piperidine rings is 1. The van der Waals surface area contributed by atoms with Crippen LogP contribution < -0.4 is 0 Å². The van der Waals surface area contributed by atoms with Gasteiger partial charge in [0, 0.05) is 57.2 Å². The lowest BCUT2D eigenvalue weighted by atomic mass is 9.88. The molecular weight excluding hydrogens is 314 g/mol. The first-order valence-corrected chi connectivity index (χ1v) is 9.40. The van der Waals surface area contributed by atoms with Crippen LogP contribution in [-0.4, -0.2) is 59.6 Å². The zero-order valence-electron chi connectivity index (χ0n) is 14.9. The van der Waals surface area contributed by atoms with Crippen molar-refractivity contribution in [3.63, 3.8) is 0 Å². The van der Waals surface area contributed by atoms with Gasteiger partial charge in [0.1, 0.15) is 0 Å². The van der Waals surface area contributed by atoms with Crippen LogP contribution in [0.1, 0.15) is 31.2 Å². The van der Waals surface area contributed by atoms with Gasteiger partial charge in [0.05, 0.1) is 12.1 Å². The van der Waals surface area contributed by atoms with E-state index >= 15 is 0 Å². The third-order valence-corrected chi connectivity index (χ3v) is 5.95. The summed E-state index contributed by atoms with van der Waals surface area (Å²) >= 11 is 0. The summed E-state index contributed by atoms with van der Waals surface area (Å²) in [6.07, 6.45) is 10.2. The molecule has 2 fully saturated rings. The molecule has 0 saturated carbocycles. The molecule has 0 bridgehead atoms. The molecule has 1 amide bonds. The third-order valence-electron chi connectivity index (χ3n) is 5.95. The van der Waals surface area contributed by atoms with Gasteiger partial charge in [-0.25, -0.2) is 0 Å². The first-order valence-electron chi connectivity index (χ1n) is 9.40. The minimum atomic E-state index is 0.255. The van der Waals surface area contributed by atoms with Crippen LogP contribution in [-0.2, 0) is 16.1 Å². The summed E-state index contributed by atoms with van der Waals surface area (Å²) < 4.78 is 5.77. The number of rotatable bonds is 4. The molecule has 4 rings (SSSR count). The van der Waals surface area contributed by atoms with E-state index in [0.29, 0.717) is 5.92 Å². The SMILES string of the molecule is CO[C@H]1CCN(C(=O)C2=CCCC2)[C@@H]2CN(Cc3cccnc3)C[C@H]12. The molecule has 0 unspecified atom stereocenters. The molecule has 2 saturated heterocycles. The Labute approximate surface area is 149 Å². The van der Waals surface area contributed by atoms with Crippen molar-refractivity contribution in [2.75, 3.05) is 26.7 Å². The number of hydrogen-bond donors (Lipinski definition) is 0. The largest absolute Gasteiger partial charge is 0.381 e. The smallest absolute Gasteiger partial charge is 0.249 e. The van der Waals surface area contributed by atoms with Crippen molar-refractivity contribution in [2.45, 2.75) is 44.4 Å². The molecule has 1 aromatic rings. The Morgan fingerprint density at radius 2 is 2.32 bits per heavy atom. The molecule has 0 aromatic carbocycles. The highest BCUT2D eigenvalue weighted by molar-refractivity contribution is 5.94. The van der Waals surface area contributed by atoms with Gasteiger partial charge in [-0.3, -0.25) is 14.7 Å². The summed E-state index contributed by atoms with van der Waals surface area (Å²) in [6, 6.07) is 4.37. The minimum absolute atomic E-state index is 0.255. The van der Waals surface area contributed by atoms with E-state index in [2.05, 4.69) is 26.9 Å². The third kappa shape index (κ3) is 3.35. The van der Waals surface area contributed by atoms with Gasteiger partial charge in [0.25, 0.3) is 0 Å². The number of methoxy groups -OCH3 is 1. The molecule has 3 aliphatic rings. The van der Waals surface area contributed by atoms with Crippen molar-refractivity contribution in [2.24, 2.45) is 5.92 Å². The lowest BCUT2D eigenvalue weighted by Gasteiger charge is -2.41. The van der Waals surface area contributed by atoms with Crippen LogP contribution in [0.5, 0.6) is 0 Å². The maximum Gasteiger partial charge on any atom is 0.249 e. The average molecular weight is 341 g/mol. The van der Waals surface area contributed by atoms with E-state index in [1.807, 2.05) is 25.6 Å². The molecule has 1 aromatic heterocycles. The average Bonchev–Trinajstić information content (AvgIpc) is 3.31. The Bertz CT molecular complexity index is 646. The van der Waals surface area contributed by atoms with Crippen molar-refractivity contribution < 1.29 is 9.53 Å². The van der Waals surface area contributed by atoms with Gasteiger partial charge in [-0.1, -0.05) is 12.1 Å². The topological polar surface area (TPSA) is 45.7 Å². The second-order valence-electron chi connectivity index (χ2n) is 7.47. The molecule has 25 heavy (non-hydrogen) atoms. The number of amides is 1. The maximum absolute atomic E-state index is 13.0. The van der Waals surface area contributed by atoms with E-state index in [1.165, 1.54) is 5.56 Å². The zero-order valence-corrected chi connectivity index (χ0v) is 14.9. The van der Waals surface area contributed by atoms with Crippen molar-refractivity contribution in [3.8, 4) is 0 Å². The lowest BCUT2D eigenvalue weighted by Crippen LogP contribution is -2.53. The number of aromatic nitrogens is 1. The summed E-state index contributed by atoms with van der Waals surface area (Å²) in [5, 5.41) is 0. The van der Waals surface area contributed by atoms with Crippen LogP contribution in [0.3, 0.4) is 0 Å². The number of fused-ring (bicyclic) bond motifs is 1. The Hall–Kier alpha value is -1.72. The van der Waals surface area contributed by atoms with Crippen LogP contribution in [0.4, 0.5) is 0 Å². The second-order valence-corrected chi connectivity index (χ2v) is 7.47. The maximum atomic E-state index is 13.0. The van der Waals surface area contributed by atoms with Gasteiger partial charge < -0.3 is 9.64 Å². The Morgan fingerprint density at radius 1 is 1.40 bits per heavy atom. The Balaban J connectivity index is 1.50. The molecule has 0 radical (unpaired) electrons. The summed E-state index contributed by atoms with van der Waals surface area (Å²) in [5.74, 6) is 0.673. The van der Waals surface area contributed by atoms with Gasteiger partial charge in [-0.2, -0.15) is 0 Å². The highest BCUT2D eigenvalue weighted by Crippen LogP contribution is 2.35. The molecule has 3 heterocycles. The molecule has 134 valence electrons. The fourth-order valence-corrected chi connectivity index (χ4v) is 4.71. The van der Waals surface area contributed by atoms with Gasteiger partial charge in [-0.15, -0.1) is 0 Å². The molecule has 0 N–H and O–H groups in total. The highest BCUT2D eigenvalue weighted by Gasteiger charge is 2.46. The molecule has 2 aliphatic heterocycles. The predicted molar refractivity (Wildman–Crippen MR) is 95.9 cm³/mol. The number of carbonyl (C=O) groups is 1. The summed E-state index contributed by atoms with van der Waals surface area (Å²) in [6.45, 7) is 3.62. The number of hydrogen-bond acceptors (Lipinski definition) is 4. The highest BCUT2D eigenvalue weighted by atomic mass is 16.5. The lowest BCUT2D eigenvalue weighted by molar-refractivity contribution is -0.134. The number of allylic oxidation sites excluding steroid dienone is 1. The van der Waals surface area contributed by atoms with E-state index < -0.39 is 0 Å². The molecule has 1 aliphatic carbocycles. The molecule has 5 nitrogen and oxygen atoms in total. The number of carbonyl (C=O) groups excluding carboxylic acids is 1. The van der Waals surface area contributed by atoms with Crippen molar-refractivity contribution in [1.29, 1.82) is 0 Å². The molecule has 3 atom stereocenters. The van der Waals surface area contributed by atoms with Gasteiger partial charge in [0.2, 0.25) is 5.91 Å². The molecule has 0 spiro atoms. The Kier molecular flexibility index (Phi) is 4.86. The normalized spacial score (nSPS) is 29.6. The summed E-state index contributed by atoms with van der Waals surface area (Å²) in [7, 11) is 1.81. The molecular formula is C20H27N3O2. The fourth-order valence-electron chi connectivity index (χ4n) is 4.71. The summed E-state index contributed by atoms with van der Waals surface area (Å²) in [5.41, 5.74) is 2.26. The van der Waals surface area contributed by atoms with Gasteiger partial charge >= 0.3 is 0 Å². The van der Waals surface area contributed by atoms with Crippen LogP contribution in [0, 0.1) is 5.92 Å². The van der Waals surface area contributed by atoms with Crippen molar-refractivity contribution in [1.82, 2.24) is 14.8 Å². The van der Waals surface area contributed by atoms with E-state index in [4.69, 9.17) is 4.74 Å². The number of pyridine rings is 1. The standard InChI is InChI=1S/C20H27N3O2/c1-25-19-8-10-23(20(24)16-6-2-3-7-16)18-14-22(13-17(18)19)12-15-5-4-9-21-11-15/h4-6,9,11,17-19H,2-3,7-8,10,12-14H2,1H3/t17-,18+,19-/m0/s1. The van der Waals surface area contributed by atoms with Crippen molar-refractivity contribution >= 4 is 5.91 Å².